The van der Waals surface area contributed by atoms with Gasteiger partial charge in [-0.15, -0.1) is 0 Å². The summed E-state index contributed by atoms with van der Waals surface area (Å²) >= 11 is 0. The summed E-state index contributed by atoms with van der Waals surface area (Å²) in [5.41, 5.74) is 1.83. The summed E-state index contributed by atoms with van der Waals surface area (Å²) in [4.78, 5) is 24.0. The highest BCUT2D eigenvalue weighted by Gasteiger charge is 2.11. The van der Waals surface area contributed by atoms with Crippen molar-refractivity contribution in [2.75, 3.05) is 0 Å². The Morgan fingerprint density at radius 1 is 0.900 bits per heavy atom. The highest BCUT2D eigenvalue weighted by molar-refractivity contribution is 6.00. The number of carbonyl (C=O) groups excluding carboxylic acids is 2. The predicted octanol–water partition coefficient (Wildman–Crippen LogP) is 4.41. The fourth-order valence-electron chi connectivity index (χ4n) is 2.66. The molecule has 0 spiro atoms. The molecule has 0 fully saturated rings. The first kappa shape index (κ1) is 20.8. The number of halogens is 1. The average molecular weight is 404 g/mol. The Labute approximate surface area is 174 Å². The number of benzene rings is 3. The first-order chi connectivity index (χ1) is 14.5. The summed E-state index contributed by atoms with van der Waals surface area (Å²) in [6.45, 7) is 1.63. The summed E-state index contributed by atoms with van der Waals surface area (Å²) in [5.74, 6) is 0.0896. The number of carbonyl (C=O) groups is 2. The Morgan fingerprint density at radius 3 is 2.10 bits per heavy atom. The van der Waals surface area contributed by atoms with E-state index in [1.54, 1.807) is 30.3 Å². The molecule has 2 N–H and O–H groups in total. The van der Waals surface area contributed by atoms with E-state index in [4.69, 9.17) is 4.74 Å². The Kier molecular flexibility index (Phi) is 6.95. The molecule has 0 aliphatic carbocycles. The molecular weight excluding hydrogens is 383 g/mol. The van der Waals surface area contributed by atoms with Crippen LogP contribution in [0.15, 0.2) is 84.6 Å². The van der Waals surface area contributed by atoms with Crippen LogP contribution in [0.25, 0.3) is 6.08 Å². The van der Waals surface area contributed by atoms with Crippen LogP contribution < -0.4 is 15.4 Å². The van der Waals surface area contributed by atoms with Crippen LogP contribution in [0.5, 0.6) is 11.5 Å². The van der Waals surface area contributed by atoms with E-state index in [0.29, 0.717) is 11.5 Å². The minimum Gasteiger partial charge on any atom is -0.457 e. The highest BCUT2D eigenvalue weighted by Crippen LogP contribution is 2.21. The number of nitrogens with one attached hydrogen (secondary N) is 2. The molecule has 0 aliphatic rings. The van der Waals surface area contributed by atoms with Gasteiger partial charge in [0.1, 0.15) is 23.0 Å². The van der Waals surface area contributed by atoms with E-state index in [2.05, 4.69) is 10.6 Å². The second kappa shape index (κ2) is 10.0. The normalized spacial score (nSPS) is 10.9. The van der Waals surface area contributed by atoms with E-state index in [1.807, 2.05) is 42.5 Å². The molecule has 0 unspecified atom stereocenters. The molecule has 152 valence electrons. The average Bonchev–Trinajstić information content (AvgIpc) is 2.74. The van der Waals surface area contributed by atoms with Crippen LogP contribution in [0.3, 0.4) is 0 Å². The summed E-state index contributed by atoms with van der Waals surface area (Å²) < 4.78 is 18.6. The van der Waals surface area contributed by atoms with Gasteiger partial charge in [0.15, 0.2) is 0 Å². The number of hydrogen-bond donors (Lipinski definition) is 2. The smallest absolute Gasteiger partial charge is 0.268 e. The maximum atomic E-state index is 13.0. The molecule has 6 heteroatoms. The molecule has 0 saturated heterocycles. The van der Waals surface area contributed by atoms with Gasteiger partial charge in [-0.2, -0.15) is 0 Å². The van der Waals surface area contributed by atoms with E-state index in [0.717, 1.165) is 11.1 Å². The van der Waals surface area contributed by atoms with Crippen molar-refractivity contribution in [2.45, 2.75) is 13.5 Å². The largest absolute Gasteiger partial charge is 0.457 e. The van der Waals surface area contributed by atoms with Crippen LogP contribution in [0.2, 0.25) is 0 Å². The monoisotopic (exact) mass is 404 g/mol. The molecule has 2 amide bonds. The fourth-order valence-corrected chi connectivity index (χ4v) is 2.66. The predicted molar refractivity (Wildman–Crippen MR) is 113 cm³/mol. The van der Waals surface area contributed by atoms with Gasteiger partial charge in [0.05, 0.1) is 0 Å². The Bertz CT molecular complexity index is 1030. The van der Waals surface area contributed by atoms with Crippen molar-refractivity contribution in [3.8, 4) is 11.5 Å². The van der Waals surface area contributed by atoms with Gasteiger partial charge in [-0.1, -0.05) is 42.5 Å². The molecule has 0 radical (unpaired) electrons. The third-order valence-electron chi connectivity index (χ3n) is 4.09. The van der Waals surface area contributed by atoms with Crippen molar-refractivity contribution in [3.63, 3.8) is 0 Å². The second-order valence-electron chi connectivity index (χ2n) is 6.53. The van der Waals surface area contributed by atoms with Crippen LogP contribution in [-0.4, -0.2) is 11.8 Å². The van der Waals surface area contributed by atoms with Crippen LogP contribution >= 0.6 is 0 Å². The lowest BCUT2D eigenvalue weighted by Gasteiger charge is -2.11. The number of amides is 2. The van der Waals surface area contributed by atoms with Crippen molar-refractivity contribution >= 4 is 17.9 Å². The van der Waals surface area contributed by atoms with Crippen LogP contribution in [0, 0.1) is 5.82 Å². The first-order valence-corrected chi connectivity index (χ1v) is 9.34. The van der Waals surface area contributed by atoms with Gasteiger partial charge in [-0.25, -0.2) is 4.39 Å². The van der Waals surface area contributed by atoms with Crippen molar-refractivity contribution in [2.24, 2.45) is 0 Å². The molecule has 0 saturated carbocycles. The molecule has 0 bridgehead atoms. The van der Waals surface area contributed by atoms with Crippen LogP contribution in [0.1, 0.15) is 18.1 Å². The highest BCUT2D eigenvalue weighted by atomic mass is 19.1. The van der Waals surface area contributed by atoms with Gasteiger partial charge in [0.25, 0.3) is 5.91 Å². The van der Waals surface area contributed by atoms with E-state index >= 15 is 0 Å². The molecule has 30 heavy (non-hydrogen) atoms. The first-order valence-electron chi connectivity index (χ1n) is 9.34. The standard InChI is InChI=1S/C24H21FN2O3/c1-17(28)27-23(15-18-5-3-2-4-6-18)24(29)26-16-19-7-11-21(12-8-19)30-22-13-9-20(25)10-14-22/h2-15H,16H2,1H3,(H,26,29)(H,27,28)/b23-15-. The minimum atomic E-state index is -0.388. The third kappa shape index (κ3) is 6.31. The van der Waals surface area contributed by atoms with E-state index in [-0.39, 0.29) is 29.9 Å². The Balaban J connectivity index is 1.61. The molecule has 5 nitrogen and oxygen atoms in total. The molecular formula is C24H21FN2O3. The van der Waals surface area contributed by atoms with Crippen molar-refractivity contribution in [1.82, 2.24) is 10.6 Å². The maximum absolute atomic E-state index is 13.0. The Morgan fingerprint density at radius 2 is 1.50 bits per heavy atom. The summed E-state index contributed by atoms with van der Waals surface area (Å²) in [6, 6.07) is 22.2. The Hall–Kier alpha value is -3.93. The SMILES string of the molecule is CC(=O)N/C(=C\c1ccccc1)C(=O)NCc1ccc(Oc2ccc(F)cc2)cc1. The van der Waals surface area contributed by atoms with E-state index < -0.39 is 0 Å². The van der Waals surface area contributed by atoms with Gasteiger partial charge in [-0.3, -0.25) is 9.59 Å². The van der Waals surface area contributed by atoms with Crippen molar-refractivity contribution < 1.29 is 18.7 Å². The topological polar surface area (TPSA) is 67.4 Å². The summed E-state index contributed by atoms with van der Waals surface area (Å²) in [7, 11) is 0. The van der Waals surface area contributed by atoms with Crippen molar-refractivity contribution in [1.29, 1.82) is 0 Å². The van der Waals surface area contributed by atoms with Crippen molar-refractivity contribution in [3.05, 3.63) is 102 Å². The third-order valence-corrected chi connectivity index (χ3v) is 4.09. The maximum Gasteiger partial charge on any atom is 0.268 e. The molecule has 0 aliphatic heterocycles. The number of ether oxygens (including phenoxy) is 1. The second-order valence-corrected chi connectivity index (χ2v) is 6.53. The van der Waals surface area contributed by atoms with Gasteiger partial charge < -0.3 is 15.4 Å². The van der Waals surface area contributed by atoms with Gasteiger partial charge in [0, 0.05) is 13.5 Å². The fraction of sp³-hybridized carbons (Fsp3) is 0.0833. The lowest BCUT2D eigenvalue weighted by Crippen LogP contribution is -2.33. The van der Waals surface area contributed by atoms with Gasteiger partial charge in [0.2, 0.25) is 5.91 Å². The van der Waals surface area contributed by atoms with Crippen LogP contribution in [0.4, 0.5) is 4.39 Å². The number of hydrogen-bond acceptors (Lipinski definition) is 3. The van der Waals surface area contributed by atoms with E-state index in [9.17, 15) is 14.0 Å². The lowest BCUT2D eigenvalue weighted by atomic mass is 10.1. The zero-order chi connectivity index (χ0) is 21.3. The molecule has 0 heterocycles. The number of rotatable bonds is 7. The zero-order valence-electron chi connectivity index (χ0n) is 16.4. The molecule has 0 atom stereocenters. The minimum absolute atomic E-state index is 0.171. The molecule has 3 rings (SSSR count). The quantitative estimate of drug-likeness (QED) is 0.573. The summed E-state index contributed by atoms with van der Waals surface area (Å²) in [5, 5.41) is 5.36. The lowest BCUT2D eigenvalue weighted by molar-refractivity contribution is -0.122. The summed E-state index contributed by atoms with van der Waals surface area (Å²) in [6.07, 6.45) is 1.62. The van der Waals surface area contributed by atoms with E-state index in [1.165, 1.54) is 19.1 Å². The van der Waals surface area contributed by atoms with Gasteiger partial charge >= 0.3 is 0 Å². The van der Waals surface area contributed by atoms with Gasteiger partial charge in [-0.05, 0) is 53.6 Å². The molecule has 3 aromatic carbocycles. The zero-order valence-corrected chi connectivity index (χ0v) is 16.4. The van der Waals surface area contributed by atoms with Crippen LogP contribution in [-0.2, 0) is 16.1 Å². The molecule has 3 aromatic rings. The molecule has 0 aromatic heterocycles.